The fourth-order valence-corrected chi connectivity index (χ4v) is 7.07. The minimum Gasteiger partial charge on any atom is -0.476 e. The van der Waals surface area contributed by atoms with Crippen molar-refractivity contribution in [3.8, 4) is 0 Å². The molecule has 3 aromatic carbocycles. The Morgan fingerprint density at radius 3 is 1.50 bits per heavy atom. The molecule has 1 atom stereocenters. The van der Waals surface area contributed by atoms with Crippen molar-refractivity contribution in [2.45, 2.75) is 130 Å². The summed E-state index contributed by atoms with van der Waals surface area (Å²) in [5, 5.41) is 2.10. The van der Waals surface area contributed by atoms with Crippen LogP contribution < -0.4 is 4.52 Å². The summed E-state index contributed by atoms with van der Waals surface area (Å²) in [4.78, 5) is 4.97. The van der Waals surface area contributed by atoms with Gasteiger partial charge < -0.3 is 13.1 Å². The Balaban J connectivity index is 1.85. The van der Waals surface area contributed by atoms with E-state index in [-0.39, 0.29) is 27.7 Å². The molecule has 1 aliphatic heterocycles. The Bertz CT molecular complexity index is 1730. The maximum absolute atomic E-state index is 6.97. The second kappa shape index (κ2) is 11.6. The molecule has 248 valence electrons. The van der Waals surface area contributed by atoms with Gasteiger partial charge in [-0.1, -0.05) is 126 Å². The number of hydrogen-bond donors (Lipinski definition) is 0. The number of ether oxygens (including phenoxy) is 1. The SMILES string of the molecule is CC(C)(Op1oc2c(C(C)(C)C)cc(C(C)(C)C)cc2c2cc(C(C)(C)C)cc(C(C)(C)C)c2o1)C1=N[C@@H](c2ccccc2)CO1. The number of benzene rings is 3. The number of rotatable bonds is 4. The summed E-state index contributed by atoms with van der Waals surface area (Å²) in [7, 11) is -1.91. The average Bonchev–Trinajstić information content (AvgIpc) is 3.37. The van der Waals surface area contributed by atoms with Gasteiger partial charge in [0.15, 0.2) is 5.60 Å². The summed E-state index contributed by atoms with van der Waals surface area (Å²) in [5.74, 6) is 0.555. The normalized spacial score (nSPS) is 16.6. The zero-order chi connectivity index (χ0) is 34.0. The third-order valence-corrected chi connectivity index (χ3v) is 10.1. The number of hydrogen-bond acceptors (Lipinski definition) is 5. The van der Waals surface area contributed by atoms with Crippen LogP contribution >= 0.6 is 8.24 Å². The molecule has 4 aromatic rings. The van der Waals surface area contributed by atoms with E-state index in [1.165, 1.54) is 11.1 Å². The monoisotopic (exact) mass is 643 g/mol. The van der Waals surface area contributed by atoms with E-state index in [1.54, 1.807) is 0 Å². The first-order valence-electron chi connectivity index (χ1n) is 16.6. The highest BCUT2D eigenvalue weighted by Gasteiger charge is 2.37. The van der Waals surface area contributed by atoms with Crippen LogP contribution in [0.3, 0.4) is 0 Å². The lowest BCUT2D eigenvalue weighted by Crippen LogP contribution is -2.37. The molecule has 6 heteroatoms. The molecule has 0 unspecified atom stereocenters. The number of fused-ring (bicyclic) bond motifs is 3. The summed E-state index contributed by atoms with van der Waals surface area (Å²) < 4.78 is 27.0. The van der Waals surface area contributed by atoms with Crippen molar-refractivity contribution in [1.82, 2.24) is 0 Å². The second-order valence-corrected chi connectivity index (χ2v) is 18.5. The minimum absolute atomic E-state index is 0.0622. The first-order valence-corrected chi connectivity index (χ1v) is 17.6. The molecule has 0 saturated carbocycles. The topological polar surface area (TPSA) is 57.1 Å². The van der Waals surface area contributed by atoms with E-state index in [4.69, 9.17) is 22.6 Å². The van der Waals surface area contributed by atoms with Crippen molar-refractivity contribution in [3.63, 3.8) is 0 Å². The maximum atomic E-state index is 6.97. The van der Waals surface area contributed by atoms with Gasteiger partial charge in [-0.2, -0.15) is 0 Å². The number of aliphatic imine (C=N–C) groups is 1. The van der Waals surface area contributed by atoms with Crippen LogP contribution in [0.5, 0.6) is 0 Å². The second-order valence-electron chi connectivity index (χ2n) is 17.5. The highest BCUT2D eigenvalue weighted by Crippen LogP contribution is 2.46. The molecule has 1 aliphatic rings. The van der Waals surface area contributed by atoms with Crippen molar-refractivity contribution >= 4 is 36.1 Å². The Morgan fingerprint density at radius 2 is 1.09 bits per heavy atom. The average molecular weight is 644 g/mol. The van der Waals surface area contributed by atoms with Crippen LogP contribution in [-0.4, -0.2) is 18.1 Å². The molecule has 5 rings (SSSR count). The van der Waals surface area contributed by atoms with Crippen molar-refractivity contribution in [2.24, 2.45) is 4.99 Å². The highest BCUT2D eigenvalue weighted by atomic mass is 31.1. The van der Waals surface area contributed by atoms with E-state index in [0.717, 1.165) is 38.6 Å². The summed E-state index contributed by atoms with van der Waals surface area (Å²) in [5.41, 5.74) is 6.17. The van der Waals surface area contributed by atoms with Crippen LogP contribution in [0.4, 0.5) is 0 Å². The molecule has 2 heterocycles. The fourth-order valence-electron chi connectivity index (χ4n) is 5.81. The number of nitrogens with zero attached hydrogens (tertiary/aromatic N) is 1. The molecule has 0 radical (unpaired) electrons. The van der Waals surface area contributed by atoms with Gasteiger partial charge in [0.1, 0.15) is 23.8 Å². The third kappa shape index (κ3) is 6.97. The lowest BCUT2D eigenvalue weighted by Gasteiger charge is -2.27. The minimum atomic E-state index is -1.91. The predicted octanol–water partition coefficient (Wildman–Crippen LogP) is 11.9. The van der Waals surface area contributed by atoms with E-state index < -0.39 is 13.8 Å². The van der Waals surface area contributed by atoms with Crippen molar-refractivity contribution < 1.29 is 17.7 Å². The van der Waals surface area contributed by atoms with Crippen LogP contribution in [0.1, 0.15) is 131 Å². The van der Waals surface area contributed by atoms with Crippen molar-refractivity contribution in [1.29, 1.82) is 0 Å². The molecule has 46 heavy (non-hydrogen) atoms. The fraction of sp³-hybridized carbons (Fsp3) is 0.525. The molecular formula is C40H54NO4P. The molecule has 0 saturated heterocycles. The van der Waals surface area contributed by atoms with Gasteiger partial charge in [0.25, 0.3) is 0 Å². The molecule has 0 spiro atoms. The summed E-state index contributed by atoms with van der Waals surface area (Å²) in [6.45, 7) is 31.5. The van der Waals surface area contributed by atoms with E-state index >= 15 is 0 Å². The van der Waals surface area contributed by atoms with Crippen molar-refractivity contribution in [3.05, 3.63) is 82.4 Å². The van der Waals surface area contributed by atoms with Gasteiger partial charge in [-0.15, -0.1) is 0 Å². The van der Waals surface area contributed by atoms with Gasteiger partial charge in [-0.05, 0) is 64.3 Å². The summed E-state index contributed by atoms with van der Waals surface area (Å²) >= 11 is 0. The van der Waals surface area contributed by atoms with Gasteiger partial charge in [0, 0.05) is 21.9 Å². The van der Waals surface area contributed by atoms with E-state index in [1.807, 2.05) is 32.0 Å². The smallest absolute Gasteiger partial charge is 0.388 e. The molecule has 0 amide bonds. The molecule has 0 fully saturated rings. The lowest BCUT2D eigenvalue weighted by atomic mass is 9.77. The quantitative estimate of drug-likeness (QED) is 0.222. The van der Waals surface area contributed by atoms with Crippen LogP contribution in [0.2, 0.25) is 0 Å². The Kier molecular flexibility index (Phi) is 8.66. The van der Waals surface area contributed by atoms with Crippen LogP contribution in [0, 0.1) is 0 Å². The van der Waals surface area contributed by atoms with Crippen LogP contribution in [0.15, 0.2) is 68.0 Å². The van der Waals surface area contributed by atoms with E-state index in [9.17, 15) is 0 Å². The lowest BCUT2D eigenvalue weighted by molar-refractivity contribution is 0.188. The first-order chi connectivity index (χ1) is 21.1. The zero-order valence-corrected chi connectivity index (χ0v) is 31.4. The predicted molar refractivity (Wildman–Crippen MR) is 194 cm³/mol. The third-order valence-electron chi connectivity index (χ3n) is 8.80. The molecule has 0 aliphatic carbocycles. The van der Waals surface area contributed by atoms with Gasteiger partial charge in [0.2, 0.25) is 5.90 Å². The zero-order valence-electron chi connectivity index (χ0n) is 30.5. The largest absolute Gasteiger partial charge is 0.476 e. The van der Waals surface area contributed by atoms with E-state index in [0.29, 0.717) is 12.5 Å². The van der Waals surface area contributed by atoms with Crippen LogP contribution in [0.25, 0.3) is 21.9 Å². The maximum Gasteiger partial charge on any atom is 0.388 e. The van der Waals surface area contributed by atoms with Gasteiger partial charge >= 0.3 is 8.24 Å². The van der Waals surface area contributed by atoms with Gasteiger partial charge in [-0.25, -0.2) is 4.99 Å². The Hall–Kier alpha value is -3.01. The molecule has 0 N–H and O–H groups in total. The molecule has 1 aromatic heterocycles. The first kappa shape index (κ1) is 34.3. The van der Waals surface area contributed by atoms with Gasteiger partial charge in [-0.3, -0.25) is 4.52 Å². The van der Waals surface area contributed by atoms with Crippen molar-refractivity contribution in [2.75, 3.05) is 6.61 Å². The highest BCUT2D eigenvalue weighted by molar-refractivity contribution is 7.32. The molecular weight excluding hydrogens is 589 g/mol. The Labute approximate surface area is 277 Å². The summed E-state index contributed by atoms with van der Waals surface area (Å²) in [6.07, 6.45) is 0. The van der Waals surface area contributed by atoms with E-state index in [2.05, 4.69) is 119 Å². The Morgan fingerprint density at radius 1 is 0.630 bits per heavy atom. The van der Waals surface area contributed by atoms with Gasteiger partial charge in [0.05, 0.1) is 0 Å². The summed E-state index contributed by atoms with van der Waals surface area (Å²) in [6, 6.07) is 19.4. The molecule has 5 nitrogen and oxygen atoms in total. The molecule has 0 bridgehead atoms. The van der Waals surface area contributed by atoms with Crippen LogP contribution in [-0.2, 0) is 26.4 Å². The standard InChI is InChI=1S/C40H54NO4P/c1-36(2,3)26-20-28-29-21-27(37(4,5)6)23-31(39(10,11)12)34(29)44-46(43-33(28)30(22-26)38(7,8)9)45-40(13,14)35-41-32(24-42-35)25-18-16-15-17-19-25/h15-23,32H,24H2,1-14H3/t32-/m1/s1.